The zero-order valence-corrected chi connectivity index (χ0v) is 12.0. The Morgan fingerprint density at radius 1 is 1.22 bits per heavy atom. The van der Waals surface area contributed by atoms with E-state index >= 15 is 0 Å². The Morgan fingerprint density at radius 3 is 2.61 bits per heavy atom. The van der Waals surface area contributed by atoms with E-state index in [0.717, 1.165) is 15.7 Å². The van der Waals surface area contributed by atoms with Gasteiger partial charge in [-0.05, 0) is 58.6 Å². The van der Waals surface area contributed by atoms with Crippen LogP contribution in [0.25, 0.3) is 0 Å². The summed E-state index contributed by atoms with van der Waals surface area (Å²) >= 11 is 3.38. The maximum absolute atomic E-state index is 5.69. The molecule has 1 heterocycles. The normalized spacial score (nSPS) is 12.4. The maximum atomic E-state index is 5.69. The predicted molar refractivity (Wildman–Crippen MR) is 77.0 cm³/mol. The number of nitrogens with zero attached hydrogens (tertiary/aromatic N) is 1. The summed E-state index contributed by atoms with van der Waals surface area (Å²) in [6, 6.07) is 10.1. The average Bonchev–Trinajstić information content (AvgIpc) is 2.37. The first-order valence-electron chi connectivity index (χ1n) is 5.77. The van der Waals surface area contributed by atoms with Crippen molar-refractivity contribution in [2.75, 3.05) is 0 Å². The van der Waals surface area contributed by atoms with Crippen molar-refractivity contribution in [3.63, 3.8) is 0 Å². The Bertz CT molecular complexity index is 537. The van der Waals surface area contributed by atoms with Crippen molar-refractivity contribution >= 4 is 15.9 Å². The lowest BCUT2D eigenvalue weighted by Gasteiger charge is -2.19. The minimum atomic E-state index is -0.0852. The van der Waals surface area contributed by atoms with Crippen LogP contribution >= 0.6 is 15.9 Å². The molecule has 94 valence electrons. The van der Waals surface area contributed by atoms with Crippen molar-refractivity contribution in [1.29, 1.82) is 0 Å². The minimum absolute atomic E-state index is 0.0852. The molecular weight excluding hydrogens is 290 g/mol. The summed E-state index contributed by atoms with van der Waals surface area (Å²) in [5, 5.41) is 0. The first-order chi connectivity index (χ1) is 8.63. The molecule has 1 atom stereocenters. The molecule has 1 aromatic heterocycles. The number of benzene rings is 1. The van der Waals surface area contributed by atoms with Crippen LogP contribution in [0.15, 0.2) is 41.0 Å². The smallest absolute Gasteiger partial charge is 0.0884 e. The number of halogens is 1. The Kier molecular flexibility index (Phi) is 4.11. The summed E-state index contributed by atoms with van der Waals surface area (Å²) in [6.07, 6.45) is 1.78. The Morgan fingerprint density at radius 2 is 2.00 bits per heavy atom. The molecule has 0 radical (unpaired) electrons. The standard InChI is InChI=1S/C14H16BrN3/c1-9-4-3-5-12(10(9)2)14(18-16)13-7-6-11(15)8-17-13/h3-8,14,18H,16H2,1-2H3. The molecule has 0 aliphatic rings. The van der Waals surface area contributed by atoms with E-state index < -0.39 is 0 Å². The molecule has 1 unspecified atom stereocenters. The molecular formula is C14H16BrN3. The third kappa shape index (κ3) is 2.61. The van der Waals surface area contributed by atoms with Gasteiger partial charge in [-0.3, -0.25) is 10.8 Å². The third-order valence-electron chi connectivity index (χ3n) is 3.17. The van der Waals surface area contributed by atoms with Crippen molar-refractivity contribution in [2.24, 2.45) is 5.84 Å². The van der Waals surface area contributed by atoms with Crippen molar-refractivity contribution in [1.82, 2.24) is 10.4 Å². The molecule has 3 nitrogen and oxygen atoms in total. The summed E-state index contributed by atoms with van der Waals surface area (Å²) in [4.78, 5) is 4.41. The highest BCUT2D eigenvalue weighted by Crippen LogP contribution is 2.25. The zero-order chi connectivity index (χ0) is 13.1. The van der Waals surface area contributed by atoms with E-state index in [1.54, 1.807) is 6.20 Å². The van der Waals surface area contributed by atoms with Crippen LogP contribution in [-0.4, -0.2) is 4.98 Å². The number of nitrogens with two attached hydrogens (primary N) is 1. The lowest BCUT2D eigenvalue weighted by atomic mass is 9.95. The molecule has 0 aliphatic heterocycles. The lowest BCUT2D eigenvalue weighted by molar-refractivity contribution is 0.617. The van der Waals surface area contributed by atoms with Crippen LogP contribution in [0, 0.1) is 13.8 Å². The SMILES string of the molecule is Cc1cccc(C(NN)c2ccc(Br)cn2)c1C. The molecule has 3 N–H and O–H groups in total. The molecule has 2 rings (SSSR count). The van der Waals surface area contributed by atoms with E-state index in [1.165, 1.54) is 11.1 Å². The van der Waals surface area contributed by atoms with Crippen LogP contribution in [0.5, 0.6) is 0 Å². The molecule has 2 aromatic rings. The van der Waals surface area contributed by atoms with Crippen LogP contribution in [0.4, 0.5) is 0 Å². The highest BCUT2D eigenvalue weighted by molar-refractivity contribution is 9.10. The van der Waals surface area contributed by atoms with Gasteiger partial charge in [0, 0.05) is 10.7 Å². The number of pyridine rings is 1. The van der Waals surface area contributed by atoms with Gasteiger partial charge in [-0.15, -0.1) is 0 Å². The second kappa shape index (κ2) is 5.61. The number of aromatic nitrogens is 1. The van der Waals surface area contributed by atoms with E-state index in [0.29, 0.717) is 0 Å². The van der Waals surface area contributed by atoms with E-state index in [-0.39, 0.29) is 6.04 Å². The number of aryl methyl sites for hydroxylation is 1. The fourth-order valence-corrected chi connectivity index (χ4v) is 2.21. The Hall–Kier alpha value is -1.23. The highest BCUT2D eigenvalue weighted by Gasteiger charge is 2.16. The number of rotatable bonds is 3. The van der Waals surface area contributed by atoms with Gasteiger partial charge in [0.05, 0.1) is 11.7 Å². The van der Waals surface area contributed by atoms with Crippen LogP contribution in [0.3, 0.4) is 0 Å². The summed E-state index contributed by atoms with van der Waals surface area (Å²) in [6.45, 7) is 4.20. The molecule has 18 heavy (non-hydrogen) atoms. The maximum Gasteiger partial charge on any atom is 0.0884 e. The van der Waals surface area contributed by atoms with Crippen molar-refractivity contribution < 1.29 is 0 Å². The molecule has 4 heteroatoms. The second-order valence-corrected chi connectivity index (χ2v) is 5.21. The number of nitrogens with one attached hydrogen (secondary N) is 1. The summed E-state index contributed by atoms with van der Waals surface area (Å²) in [5.41, 5.74) is 7.41. The fraction of sp³-hybridized carbons (Fsp3) is 0.214. The van der Waals surface area contributed by atoms with Gasteiger partial charge in [-0.25, -0.2) is 5.43 Å². The zero-order valence-electron chi connectivity index (χ0n) is 10.4. The van der Waals surface area contributed by atoms with Crippen LogP contribution in [-0.2, 0) is 0 Å². The van der Waals surface area contributed by atoms with Gasteiger partial charge in [-0.2, -0.15) is 0 Å². The topological polar surface area (TPSA) is 50.9 Å². The van der Waals surface area contributed by atoms with Crippen LogP contribution < -0.4 is 11.3 Å². The van der Waals surface area contributed by atoms with Gasteiger partial charge in [0.25, 0.3) is 0 Å². The van der Waals surface area contributed by atoms with Crippen molar-refractivity contribution in [3.8, 4) is 0 Å². The van der Waals surface area contributed by atoms with Crippen LogP contribution in [0.2, 0.25) is 0 Å². The Labute approximate surface area is 116 Å². The van der Waals surface area contributed by atoms with Gasteiger partial charge >= 0.3 is 0 Å². The Balaban J connectivity index is 2.45. The van der Waals surface area contributed by atoms with Crippen molar-refractivity contribution in [3.05, 3.63) is 63.4 Å². The van der Waals surface area contributed by atoms with Gasteiger partial charge in [0.1, 0.15) is 0 Å². The quantitative estimate of drug-likeness (QED) is 0.677. The predicted octanol–water partition coefficient (Wildman–Crippen LogP) is 3.01. The van der Waals surface area contributed by atoms with Gasteiger partial charge < -0.3 is 0 Å². The third-order valence-corrected chi connectivity index (χ3v) is 3.64. The van der Waals surface area contributed by atoms with Gasteiger partial charge in [0.2, 0.25) is 0 Å². The van der Waals surface area contributed by atoms with E-state index in [4.69, 9.17) is 5.84 Å². The monoisotopic (exact) mass is 305 g/mol. The summed E-state index contributed by atoms with van der Waals surface area (Å²) in [7, 11) is 0. The molecule has 0 aliphatic carbocycles. The summed E-state index contributed by atoms with van der Waals surface area (Å²) in [5.74, 6) is 5.69. The molecule has 0 saturated carbocycles. The van der Waals surface area contributed by atoms with Gasteiger partial charge in [0.15, 0.2) is 0 Å². The molecule has 0 amide bonds. The number of hydrogen-bond donors (Lipinski definition) is 2. The number of hydrogen-bond acceptors (Lipinski definition) is 3. The first-order valence-corrected chi connectivity index (χ1v) is 6.56. The van der Waals surface area contributed by atoms with E-state index in [9.17, 15) is 0 Å². The van der Waals surface area contributed by atoms with E-state index in [2.05, 4.69) is 52.3 Å². The minimum Gasteiger partial charge on any atom is -0.271 e. The lowest BCUT2D eigenvalue weighted by Crippen LogP contribution is -2.30. The molecule has 1 aromatic carbocycles. The highest BCUT2D eigenvalue weighted by atomic mass is 79.9. The second-order valence-electron chi connectivity index (χ2n) is 4.29. The molecule has 0 bridgehead atoms. The first kappa shape index (κ1) is 13.2. The largest absolute Gasteiger partial charge is 0.271 e. The van der Waals surface area contributed by atoms with Crippen molar-refractivity contribution in [2.45, 2.75) is 19.9 Å². The van der Waals surface area contributed by atoms with E-state index in [1.807, 2.05) is 18.2 Å². The molecule has 0 fully saturated rings. The summed E-state index contributed by atoms with van der Waals surface area (Å²) < 4.78 is 0.961. The van der Waals surface area contributed by atoms with Crippen LogP contribution in [0.1, 0.15) is 28.4 Å². The number of hydrazine groups is 1. The van der Waals surface area contributed by atoms with Gasteiger partial charge in [-0.1, -0.05) is 18.2 Å². The fourth-order valence-electron chi connectivity index (χ4n) is 1.98. The average molecular weight is 306 g/mol. The molecule has 0 saturated heterocycles. The molecule has 0 spiro atoms.